The normalized spacial score (nSPS) is 10.4. The largest absolute Gasteiger partial charge is 0.353 e. The first-order chi connectivity index (χ1) is 9.11. The van der Waals surface area contributed by atoms with Gasteiger partial charge in [-0.1, -0.05) is 30.3 Å². The summed E-state index contributed by atoms with van der Waals surface area (Å²) in [5, 5.41) is 2.91. The van der Waals surface area contributed by atoms with E-state index in [0.717, 1.165) is 19.5 Å². The monoisotopic (exact) mass is 299 g/mol. The second-order valence-corrected chi connectivity index (χ2v) is 5.02. The highest BCUT2D eigenvalue weighted by atomic mass is 35.5. The summed E-state index contributed by atoms with van der Waals surface area (Å²) in [5.74, 6) is 0.0662. The maximum atomic E-state index is 11.8. The summed E-state index contributed by atoms with van der Waals surface area (Å²) in [7, 11) is 0. The van der Waals surface area contributed by atoms with Crippen LogP contribution in [-0.2, 0) is 11.2 Å². The fraction of sp³-hybridized carbons (Fsp3) is 0.533. The molecule has 0 unspecified atom stereocenters. The van der Waals surface area contributed by atoms with E-state index in [1.807, 2.05) is 32.0 Å². The van der Waals surface area contributed by atoms with Crippen LogP contribution in [0.2, 0.25) is 0 Å². The molecule has 1 aromatic rings. The molecule has 0 aliphatic heterocycles. The molecule has 0 bridgehead atoms. The van der Waals surface area contributed by atoms with Crippen molar-refractivity contribution in [1.82, 2.24) is 10.2 Å². The first-order valence-electron chi connectivity index (χ1n) is 6.87. The predicted octanol–water partition coefficient (Wildman–Crippen LogP) is 1.44. The molecular weight excluding hydrogens is 274 g/mol. The van der Waals surface area contributed by atoms with Crippen molar-refractivity contribution in [2.75, 3.05) is 26.2 Å². The number of nitrogens with one attached hydrogen (secondary N) is 1. The fourth-order valence-corrected chi connectivity index (χ4v) is 1.96. The quantitative estimate of drug-likeness (QED) is 0.763. The molecule has 1 aromatic carbocycles. The van der Waals surface area contributed by atoms with E-state index in [4.69, 9.17) is 5.73 Å². The van der Waals surface area contributed by atoms with Crippen LogP contribution in [0, 0.1) is 0 Å². The van der Waals surface area contributed by atoms with Crippen LogP contribution in [0.4, 0.5) is 0 Å². The molecule has 1 rings (SSSR count). The Kier molecular flexibility index (Phi) is 10.1. The highest BCUT2D eigenvalue weighted by Gasteiger charge is 2.10. The highest BCUT2D eigenvalue weighted by molar-refractivity contribution is 5.85. The molecule has 20 heavy (non-hydrogen) atoms. The van der Waals surface area contributed by atoms with Crippen LogP contribution < -0.4 is 11.1 Å². The maximum absolute atomic E-state index is 11.8. The van der Waals surface area contributed by atoms with Gasteiger partial charge in [-0.15, -0.1) is 12.4 Å². The lowest BCUT2D eigenvalue weighted by Crippen LogP contribution is -2.42. The number of carbonyl (C=O) groups excluding carboxylic acids is 1. The van der Waals surface area contributed by atoms with E-state index >= 15 is 0 Å². The van der Waals surface area contributed by atoms with Gasteiger partial charge in [0.05, 0.1) is 6.54 Å². The molecule has 0 spiro atoms. The molecule has 5 heteroatoms. The molecule has 0 aromatic heterocycles. The van der Waals surface area contributed by atoms with Crippen LogP contribution in [0.25, 0.3) is 0 Å². The highest BCUT2D eigenvalue weighted by Crippen LogP contribution is 2.01. The topological polar surface area (TPSA) is 58.4 Å². The lowest BCUT2D eigenvalue weighted by atomic mass is 10.1. The Balaban J connectivity index is 0.00000361. The summed E-state index contributed by atoms with van der Waals surface area (Å²) in [5.41, 5.74) is 6.89. The third-order valence-electron chi connectivity index (χ3n) is 2.82. The Morgan fingerprint density at radius 2 is 1.90 bits per heavy atom. The zero-order chi connectivity index (χ0) is 14.1. The van der Waals surface area contributed by atoms with E-state index < -0.39 is 0 Å². The minimum Gasteiger partial charge on any atom is -0.353 e. The van der Waals surface area contributed by atoms with Crippen LogP contribution in [0.15, 0.2) is 30.3 Å². The van der Waals surface area contributed by atoms with Gasteiger partial charge < -0.3 is 11.1 Å². The molecule has 0 aliphatic rings. The van der Waals surface area contributed by atoms with E-state index in [0.29, 0.717) is 13.1 Å². The van der Waals surface area contributed by atoms with E-state index in [2.05, 4.69) is 22.3 Å². The van der Waals surface area contributed by atoms with Crippen molar-refractivity contribution in [1.29, 1.82) is 0 Å². The third-order valence-corrected chi connectivity index (χ3v) is 2.82. The van der Waals surface area contributed by atoms with E-state index in [1.165, 1.54) is 5.56 Å². The van der Waals surface area contributed by atoms with Gasteiger partial charge in [-0.2, -0.15) is 0 Å². The number of carbonyl (C=O) groups is 1. The molecule has 0 atom stereocenters. The van der Waals surface area contributed by atoms with Gasteiger partial charge in [-0.3, -0.25) is 9.69 Å². The number of hydrogen-bond acceptors (Lipinski definition) is 3. The average Bonchev–Trinajstić information content (AvgIpc) is 2.36. The standard InChI is InChI=1S/C15H25N3O.ClH/c1-13(2)17-15(19)12-18(11-9-16)10-8-14-6-4-3-5-7-14;/h3-7,13H,8-12,16H2,1-2H3,(H,17,19);1H. The Labute approximate surface area is 128 Å². The lowest BCUT2D eigenvalue weighted by Gasteiger charge is -2.21. The van der Waals surface area contributed by atoms with Gasteiger partial charge in [0.25, 0.3) is 0 Å². The summed E-state index contributed by atoms with van der Waals surface area (Å²) < 4.78 is 0. The van der Waals surface area contributed by atoms with Gasteiger partial charge in [0.1, 0.15) is 0 Å². The van der Waals surface area contributed by atoms with Crippen molar-refractivity contribution in [3.63, 3.8) is 0 Å². The molecule has 0 aliphatic carbocycles. The minimum atomic E-state index is 0. The first-order valence-corrected chi connectivity index (χ1v) is 6.87. The summed E-state index contributed by atoms with van der Waals surface area (Å²) >= 11 is 0. The Bertz CT molecular complexity index is 371. The predicted molar refractivity (Wildman–Crippen MR) is 86.2 cm³/mol. The van der Waals surface area contributed by atoms with Gasteiger partial charge in [-0.25, -0.2) is 0 Å². The molecule has 0 saturated carbocycles. The summed E-state index contributed by atoms with van der Waals surface area (Å²) in [6.07, 6.45) is 0.940. The van der Waals surface area contributed by atoms with Crippen LogP contribution in [0.5, 0.6) is 0 Å². The molecule has 4 nitrogen and oxygen atoms in total. The zero-order valence-corrected chi connectivity index (χ0v) is 13.2. The molecule has 114 valence electrons. The van der Waals surface area contributed by atoms with Gasteiger partial charge in [0.15, 0.2) is 0 Å². The summed E-state index contributed by atoms with van der Waals surface area (Å²) in [6, 6.07) is 10.5. The van der Waals surface area contributed by atoms with Gasteiger partial charge in [-0.05, 0) is 25.8 Å². The van der Waals surface area contributed by atoms with Crippen molar-refractivity contribution < 1.29 is 4.79 Å². The van der Waals surface area contributed by atoms with Crippen molar-refractivity contribution in [3.05, 3.63) is 35.9 Å². The Morgan fingerprint density at radius 1 is 1.25 bits per heavy atom. The zero-order valence-electron chi connectivity index (χ0n) is 12.3. The molecule has 0 heterocycles. The molecule has 0 fully saturated rings. The number of benzene rings is 1. The fourth-order valence-electron chi connectivity index (χ4n) is 1.96. The number of halogens is 1. The van der Waals surface area contributed by atoms with Crippen LogP contribution in [0.3, 0.4) is 0 Å². The summed E-state index contributed by atoms with van der Waals surface area (Å²) in [6.45, 7) is 6.53. The average molecular weight is 300 g/mol. The molecule has 0 radical (unpaired) electrons. The SMILES string of the molecule is CC(C)NC(=O)CN(CCN)CCc1ccccc1.Cl. The smallest absolute Gasteiger partial charge is 0.234 e. The summed E-state index contributed by atoms with van der Waals surface area (Å²) in [4.78, 5) is 13.9. The van der Waals surface area contributed by atoms with Gasteiger partial charge in [0, 0.05) is 25.7 Å². The number of rotatable bonds is 8. The van der Waals surface area contributed by atoms with Crippen molar-refractivity contribution in [2.24, 2.45) is 5.73 Å². The van der Waals surface area contributed by atoms with Gasteiger partial charge in [0.2, 0.25) is 5.91 Å². The third kappa shape index (κ3) is 8.15. The second kappa shape index (κ2) is 10.7. The number of hydrogen-bond donors (Lipinski definition) is 2. The van der Waals surface area contributed by atoms with E-state index in [1.54, 1.807) is 0 Å². The van der Waals surface area contributed by atoms with E-state index in [9.17, 15) is 4.79 Å². The van der Waals surface area contributed by atoms with E-state index in [-0.39, 0.29) is 24.4 Å². The lowest BCUT2D eigenvalue weighted by molar-refractivity contribution is -0.122. The number of nitrogens with zero attached hydrogens (tertiary/aromatic N) is 1. The van der Waals surface area contributed by atoms with Crippen LogP contribution in [-0.4, -0.2) is 43.0 Å². The maximum Gasteiger partial charge on any atom is 0.234 e. The molecule has 0 saturated heterocycles. The molecular formula is C15H26ClN3O. The second-order valence-electron chi connectivity index (χ2n) is 5.02. The Morgan fingerprint density at radius 3 is 2.45 bits per heavy atom. The van der Waals surface area contributed by atoms with Crippen LogP contribution >= 0.6 is 12.4 Å². The van der Waals surface area contributed by atoms with Crippen LogP contribution in [0.1, 0.15) is 19.4 Å². The molecule has 1 amide bonds. The Hall–Kier alpha value is -1.10. The first kappa shape index (κ1) is 18.9. The van der Waals surface area contributed by atoms with Crippen molar-refractivity contribution >= 4 is 18.3 Å². The minimum absolute atomic E-state index is 0. The van der Waals surface area contributed by atoms with Crippen molar-refractivity contribution in [3.8, 4) is 0 Å². The number of amides is 1. The van der Waals surface area contributed by atoms with Crippen molar-refractivity contribution in [2.45, 2.75) is 26.3 Å². The molecule has 3 N–H and O–H groups in total. The van der Waals surface area contributed by atoms with Gasteiger partial charge >= 0.3 is 0 Å². The number of nitrogens with two attached hydrogens (primary N) is 1.